The Morgan fingerprint density at radius 1 is 1.06 bits per heavy atom. The fourth-order valence-corrected chi connectivity index (χ4v) is 6.13. The summed E-state index contributed by atoms with van der Waals surface area (Å²) in [6.45, 7) is 5.37. The van der Waals surface area contributed by atoms with Gasteiger partial charge in [-0.15, -0.1) is 11.8 Å². The van der Waals surface area contributed by atoms with E-state index in [1.54, 1.807) is 24.8 Å². The van der Waals surface area contributed by atoms with Crippen molar-refractivity contribution in [3.63, 3.8) is 0 Å². The number of esters is 1. The fourth-order valence-electron chi connectivity index (χ4n) is 4.27. The van der Waals surface area contributed by atoms with Gasteiger partial charge in [0.25, 0.3) is 0 Å². The lowest BCUT2D eigenvalue weighted by molar-refractivity contribution is -0.136. The lowest BCUT2D eigenvalue weighted by Gasteiger charge is -2.45. The molecular formula is C28H27NO4S. The molecule has 1 saturated heterocycles. The highest BCUT2D eigenvalue weighted by atomic mass is 32.2. The average Bonchev–Trinajstić information content (AvgIpc) is 2.85. The van der Waals surface area contributed by atoms with E-state index in [0.29, 0.717) is 5.56 Å². The third-order valence-corrected chi connectivity index (χ3v) is 7.66. The molecule has 0 aliphatic carbocycles. The molecule has 6 heteroatoms. The molecule has 1 amide bonds. The second kappa shape index (κ2) is 10.3. The monoisotopic (exact) mass is 473 g/mol. The van der Waals surface area contributed by atoms with Gasteiger partial charge in [0.2, 0.25) is 5.91 Å². The first kappa shape index (κ1) is 23.8. The van der Waals surface area contributed by atoms with E-state index in [4.69, 9.17) is 4.74 Å². The van der Waals surface area contributed by atoms with Crippen LogP contribution in [0.15, 0.2) is 97.6 Å². The van der Waals surface area contributed by atoms with Crippen molar-refractivity contribution in [2.75, 3.05) is 6.61 Å². The van der Waals surface area contributed by atoms with Crippen LogP contribution >= 0.6 is 11.8 Å². The predicted molar refractivity (Wildman–Crippen MR) is 134 cm³/mol. The van der Waals surface area contributed by atoms with Gasteiger partial charge in [-0.3, -0.25) is 4.79 Å². The molecule has 0 aromatic heterocycles. The molecule has 5 nitrogen and oxygen atoms in total. The molecular weight excluding hydrogens is 446 g/mol. The van der Waals surface area contributed by atoms with Crippen LogP contribution in [0.2, 0.25) is 0 Å². The zero-order chi connectivity index (χ0) is 24.1. The first-order valence-electron chi connectivity index (χ1n) is 11.1. The van der Waals surface area contributed by atoms with Crippen molar-refractivity contribution in [3.8, 4) is 0 Å². The third-order valence-electron chi connectivity index (χ3n) is 5.93. The summed E-state index contributed by atoms with van der Waals surface area (Å²) in [4.78, 5) is 24.9. The van der Waals surface area contributed by atoms with Crippen LogP contribution in [0, 0.1) is 5.92 Å². The van der Waals surface area contributed by atoms with Gasteiger partial charge in [-0.05, 0) is 35.7 Å². The molecule has 3 atom stereocenters. The molecule has 0 spiro atoms. The molecule has 0 saturated carbocycles. The molecule has 3 aromatic carbocycles. The Morgan fingerprint density at radius 3 is 2.18 bits per heavy atom. The van der Waals surface area contributed by atoms with Crippen LogP contribution in [0.5, 0.6) is 0 Å². The number of β-lactam (4-membered cyclic amide) rings is 1. The van der Waals surface area contributed by atoms with E-state index in [2.05, 4.69) is 11.9 Å². The second-order valence-corrected chi connectivity index (χ2v) is 9.55. The lowest BCUT2D eigenvalue weighted by atomic mass is 9.83. The number of aliphatic hydroxyl groups is 1. The summed E-state index contributed by atoms with van der Waals surface area (Å²) < 4.78 is 4.52. The van der Waals surface area contributed by atoms with Gasteiger partial charge in [0, 0.05) is 0 Å². The minimum Gasteiger partial charge on any atom is -0.458 e. The Kier molecular flexibility index (Phi) is 7.20. The number of aliphatic hydroxyl groups excluding tert-OH is 1. The summed E-state index contributed by atoms with van der Waals surface area (Å²) in [6, 6.07) is 27.4. The smallest absolute Gasteiger partial charge is 0.338 e. The van der Waals surface area contributed by atoms with E-state index in [-0.39, 0.29) is 17.9 Å². The molecule has 4 rings (SSSR count). The van der Waals surface area contributed by atoms with Crippen LogP contribution in [0.25, 0.3) is 0 Å². The van der Waals surface area contributed by atoms with Crippen molar-refractivity contribution >= 4 is 23.6 Å². The van der Waals surface area contributed by atoms with E-state index < -0.39 is 22.7 Å². The summed E-state index contributed by atoms with van der Waals surface area (Å²) in [5.74, 6) is -1.12. The molecule has 3 aromatic rings. The zero-order valence-electron chi connectivity index (χ0n) is 18.9. The topological polar surface area (TPSA) is 75.6 Å². The maximum atomic E-state index is 12.7. The van der Waals surface area contributed by atoms with Crippen molar-refractivity contribution in [1.82, 2.24) is 5.32 Å². The summed E-state index contributed by atoms with van der Waals surface area (Å²) >= 11 is 1.56. The van der Waals surface area contributed by atoms with Gasteiger partial charge in [0.1, 0.15) is 6.61 Å². The molecule has 1 fully saturated rings. The van der Waals surface area contributed by atoms with Crippen molar-refractivity contribution in [1.29, 1.82) is 0 Å². The maximum absolute atomic E-state index is 12.7. The standard InChI is InChI=1S/C28H27NO4S/c1-3-17-33-27(32)20-11-10-16-23(18-20)28(21-12-6-4-7-13-21,22-14-8-5-9-15-22)34-26-24(19(2)30)25(31)29-26/h3-16,18-19,24,26,30H,1,17H2,2H3,(H,29,31)/t19?,24-,26+/m0/s1. The number of ether oxygens (including phenoxy) is 1. The van der Waals surface area contributed by atoms with E-state index in [1.165, 1.54) is 6.08 Å². The highest BCUT2D eigenvalue weighted by molar-refractivity contribution is 8.01. The Bertz CT molecular complexity index is 1120. The number of nitrogens with one attached hydrogen (secondary N) is 1. The molecule has 34 heavy (non-hydrogen) atoms. The number of amides is 1. The number of carbonyl (C=O) groups excluding carboxylic acids is 2. The maximum Gasteiger partial charge on any atom is 0.338 e. The van der Waals surface area contributed by atoms with Gasteiger partial charge in [-0.25, -0.2) is 4.79 Å². The molecule has 1 aliphatic heterocycles. The van der Waals surface area contributed by atoms with Gasteiger partial charge in [-0.1, -0.05) is 85.5 Å². The zero-order valence-corrected chi connectivity index (χ0v) is 19.7. The van der Waals surface area contributed by atoms with Gasteiger partial charge < -0.3 is 15.2 Å². The Morgan fingerprint density at radius 2 is 1.65 bits per heavy atom. The summed E-state index contributed by atoms with van der Waals surface area (Å²) in [5, 5.41) is 12.9. The number of hydrogen-bond acceptors (Lipinski definition) is 5. The molecule has 0 radical (unpaired) electrons. The number of hydrogen-bond donors (Lipinski definition) is 2. The van der Waals surface area contributed by atoms with Crippen LogP contribution < -0.4 is 5.32 Å². The number of benzene rings is 3. The highest BCUT2D eigenvalue weighted by Gasteiger charge is 2.49. The van der Waals surface area contributed by atoms with Crippen molar-refractivity contribution in [3.05, 3.63) is 120 Å². The SMILES string of the molecule is C=CCOC(=O)c1cccc(C(S[C@H]2NC(=O)[C@@H]2C(C)O)(c2ccccc2)c2ccccc2)c1. The molecule has 1 heterocycles. The number of carbonyl (C=O) groups is 2. The Labute approximate surface area is 203 Å². The summed E-state index contributed by atoms with van der Waals surface area (Å²) in [6.07, 6.45) is 0.751. The lowest BCUT2D eigenvalue weighted by Crippen LogP contribution is -2.61. The van der Waals surface area contributed by atoms with E-state index in [9.17, 15) is 14.7 Å². The second-order valence-electron chi connectivity index (χ2n) is 8.19. The van der Waals surface area contributed by atoms with E-state index in [0.717, 1.165) is 16.7 Å². The van der Waals surface area contributed by atoms with Crippen molar-refractivity contribution < 1.29 is 19.4 Å². The minimum atomic E-state index is -0.782. The van der Waals surface area contributed by atoms with Crippen molar-refractivity contribution in [2.45, 2.75) is 23.1 Å². The molecule has 0 bridgehead atoms. The van der Waals surface area contributed by atoms with E-state index >= 15 is 0 Å². The quantitative estimate of drug-likeness (QED) is 0.207. The summed E-state index contributed by atoms with van der Waals surface area (Å²) in [5.41, 5.74) is 3.29. The fraction of sp³-hybridized carbons (Fsp3) is 0.214. The molecule has 174 valence electrons. The van der Waals surface area contributed by atoms with Crippen LogP contribution in [-0.4, -0.2) is 35.1 Å². The molecule has 1 unspecified atom stereocenters. The van der Waals surface area contributed by atoms with Gasteiger partial charge in [0.05, 0.1) is 27.7 Å². The van der Waals surface area contributed by atoms with Crippen LogP contribution in [0.4, 0.5) is 0 Å². The van der Waals surface area contributed by atoms with Gasteiger partial charge in [0.15, 0.2) is 0 Å². The molecule has 2 N–H and O–H groups in total. The van der Waals surface area contributed by atoms with Crippen LogP contribution in [0.3, 0.4) is 0 Å². The van der Waals surface area contributed by atoms with Gasteiger partial charge >= 0.3 is 5.97 Å². The van der Waals surface area contributed by atoms with Crippen LogP contribution in [0.1, 0.15) is 34.0 Å². The number of rotatable bonds is 9. The average molecular weight is 474 g/mol. The number of thioether (sulfide) groups is 1. The first-order chi connectivity index (χ1) is 16.5. The third kappa shape index (κ3) is 4.52. The van der Waals surface area contributed by atoms with Gasteiger partial charge in [-0.2, -0.15) is 0 Å². The molecule has 1 aliphatic rings. The minimum absolute atomic E-state index is 0.129. The Hall–Kier alpha value is -3.35. The van der Waals surface area contributed by atoms with E-state index in [1.807, 2.05) is 78.9 Å². The predicted octanol–water partition coefficient (Wildman–Crippen LogP) is 4.51. The first-order valence-corrected chi connectivity index (χ1v) is 12.0. The Balaban J connectivity index is 1.90. The summed E-state index contributed by atoms with van der Waals surface area (Å²) in [7, 11) is 0. The van der Waals surface area contributed by atoms with Crippen molar-refractivity contribution in [2.24, 2.45) is 5.92 Å². The normalized spacial score (nSPS) is 18.4. The highest BCUT2D eigenvalue weighted by Crippen LogP contribution is 2.52. The van der Waals surface area contributed by atoms with Crippen LogP contribution in [-0.2, 0) is 14.3 Å². The largest absolute Gasteiger partial charge is 0.458 e.